The molecule has 0 unspecified atom stereocenters. The van der Waals surface area contributed by atoms with Gasteiger partial charge in [-0.25, -0.2) is 0 Å². The van der Waals surface area contributed by atoms with Crippen LogP contribution in [0.3, 0.4) is 0 Å². The zero-order valence-corrected chi connectivity index (χ0v) is 22.4. The first kappa shape index (κ1) is 23.7. The molecule has 0 aliphatic rings. The van der Waals surface area contributed by atoms with E-state index in [0.717, 1.165) is 21.1 Å². The number of benzene rings is 2. The van der Waals surface area contributed by atoms with Gasteiger partial charge in [0.2, 0.25) is 0 Å². The fraction of sp³-hybridized carbons (Fsp3) is 0.182. The molecule has 0 atom stereocenters. The van der Waals surface area contributed by atoms with E-state index in [0.29, 0.717) is 0 Å². The second-order valence-electron chi connectivity index (χ2n) is 6.29. The van der Waals surface area contributed by atoms with Crippen LogP contribution in [0.1, 0.15) is 32.0 Å². The standard InChI is InChI=1S/C22H22N2S.Fe.2HI/c1-15-7-5-8-16(2)21(15)23-13-19-11-12-20(25-19)14-24-22-17(3)9-6-10-18(22)4;;;/h5-14H,1-4H3;;2*1H/q;+2;;/p-2. The van der Waals surface area contributed by atoms with Crippen molar-refractivity contribution in [1.82, 2.24) is 0 Å². The van der Waals surface area contributed by atoms with Gasteiger partial charge in [-0.2, -0.15) is 0 Å². The zero-order chi connectivity index (χ0) is 20.5. The van der Waals surface area contributed by atoms with Gasteiger partial charge in [-0.3, -0.25) is 9.98 Å². The summed E-state index contributed by atoms with van der Waals surface area (Å²) in [7, 11) is 1.19. The molecule has 0 fully saturated rings. The molecule has 3 aromatic rings. The Morgan fingerprint density at radius 2 is 1.00 bits per heavy atom. The quantitative estimate of drug-likeness (QED) is 0.154. The van der Waals surface area contributed by atoms with E-state index < -0.39 is 0 Å². The van der Waals surface area contributed by atoms with Gasteiger partial charge >= 0.3 is 49.1 Å². The summed E-state index contributed by atoms with van der Waals surface area (Å²) >= 11 is 6.25. The van der Waals surface area contributed by atoms with Crippen LogP contribution >= 0.6 is 52.0 Å². The summed E-state index contributed by atoms with van der Waals surface area (Å²) in [4.78, 5) is 11.6. The van der Waals surface area contributed by atoms with Crippen LogP contribution in [0, 0.1) is 27.7 Å². The van der Waals surface area contributed by atoms with Gasteiger partial charge in [0.15, 0.2) is 0 Å². The number of halogens is 2. The second kappa shape index (κ2) is 12.2. The first-order valence-corrected chi connectivity index (χ1v) is 16.6. The Morgan fingerprint density at radius 3 is 1.32 bits per heavy atom. The van der Waals surface area contributed by atoms with Crippen LogP contribution in [0.4, 0.5) is 11.4 Å². The molecule has 1 heterocycles. The molecule has 3 rings (SSSR count). The molecule has 0 aliphatic carbocycles. The van der Waals surface area contributed by atoms with Gasteiger partial charge in [0.1, 0.15) is 0 Å². The van der Waals surface area contributed by atoms with Crippen molar-refractivity contribution in [3.8, 4) is 0 Å². The van der Waals surface area contributed by atoms with Crippen molar-refractivity contribution in [2.75, 3.05) is 0 Å². The van der Waals surface area contributed by atoms with Gasteiger partial charge in [0.05, 0.1) is 11.4 Å². The molecule has 0 radical (unpaired) electrons. The number of aliphatic imine (C=N–C) groups is 2. The van der Waals surface area contributed by atoms with E-state index in [4.69, 9.17) is 0 Å². The normalized spacial score (nSPS) is 11.2. The molecule has 2 nitrogen and oxygen atoms in total. The fourth-order valence-corrected chi connectivity index (χ4v) is 3.54. The van der Waals surface area contributed by atoms with E-state index in [9.17, 15) is 0 Å². The number of aryl methyl sites for hydroxylation is 4. The molecule has 0 saturated heterocycles. The monoisotopic (exact) mass is 656 g/mol. The predicted octanol–water partition coefficient (Wildman–Crippen LogP) is 8.25. The Hall–Kier alpha value is -0.541. The number of thiophene rings is 1. The van der Waals surface area contributed by atoms with Gasteiger partial charge in [-0.05, 0) is 62.1 Å². The first-order chi connectivity index (χ1) is 13.5. The Kier molecular flexibility index (Phi) is 10.4. The van der Waals surface area contributed by atoms with Crippen LogP contribution in [-0.2, 0) is 8.46 Å². The molecule has 0 spiro atoms. The molecular weight excluding hydrogens is 634 g/mol. The molecule has 0 N–H and O–H groups in total. The van der Waals surface area contributed by atoms with Crippen molar-refractivity contribution in [2.24, 2.45) is 9.98 Å². The van der Waals surface area contributed by atoms with Crippen molar-refractivity contribution in [3.05, 3.63) is 80.5 Å². The number of hydrogen-bond acceptors (Lipinski definition) is 3. The third-order valence-corrected chi connectivity index (χ3v) is 5.12. The molecule has 0 bridgehead atoms. The number of rotatable bonds is 4. The molecular formula is C22H22FeI2N2S. The van der Waals surface area contributed by atoms with E-state index in [1.54, 1.807) is 11.3 Å². The summed E-state index contributed by atoms with van der Waals surface area (Å²) in [5.41, 5.74) is 6.91. The van der Waals surface area contributed by atoms with Crippen LogP contribution in [-0.4, -0.2) is 12.4 Å². The number of hydrogen-bond donors (Lipinski definition) is 0. The average Bonchev–Trinajstić information content (AvgIpc) is 3.09. The second-order valence-corrected chi connectivity index (χ2v) is 16.8. The Balaban J connectivity index is 0.000000878. The van der Waals surface area contributed by atoms with Crippen molar-refractivity contribution in [2.45, 2.75) is 27.7 Å². The average molecular weight is 656 g/mol. The minimum atomic E-state index is 1.06. The summed E-state index contributed by atoms with van der Waals surface area (Å²) in [6.07, 6.45) is 3.88. The van der Waals surface area contributed by atoms with Crippen LogP contribution in [0.25, 0.3) is 0 Å². The van der Waals surface area contributed by atoms with Crippen molar-refractivity contribution >= 4 is 75.8 Å². The number of nitrogens with zero attached hydrogens (tertiary/aromatic N) is 2. The van der Waals surface area contributed by atoms with Crippen molar-refractivity contribution < 1.29 is 8.46 Å². The van der Waals surface area contributed by atoms with Gasteiger partial charge < -0.3 is 0 Å². The molecule has 6 heteroatoms. The maximum atomic E-state index is 4.68. The topological polar surface area (TPSA) is 24.7 Å². The van der Waals surface area contributed by atoms with Crippen molar-refractivity contribution in [1.29, 1.82) is 0 Å². The third-order valence-electron chi connectivity index (χ3n) is 4.17. The Labute approximate surface area is 200 Å². The summed E-state index contributed by atoms with van der Waals surface area (Å²) in [6.45, 7) is 8.38. The summed E-state index contributed by atoms with van der Waals surface area (Å²) < 4.78 is 0. The van der Waals surface area contributed by atoms with Crippen LogP contribution < -0.4 is 0 Å². The molecule has 0 amide bonds. The predicted molar refractivity (Wildman–Crippen MR) is 139 cm³/mol. The molecule has 0 aliphatic heterocycles. The van der Waals surface area contributed by atoms with E-state index in [1.165, 1.54) is 30.7 Å². The maximum absolute atomic E-state index is 4.68. The summed E-state index contributed by atoms with van der Waals surface area (Å²) in [5.74, 6) is 0. The number of para-hydroxylation sites is 2. The molecule has 0 saturated carbocycles. The van der Waals surface area contributed by atoms with Gasteiger partial charge in [-0.1, -0.05) is 36.4 Å². The fourth-order valence-electron chi connectivity index (χ4n) is 2.78. The Bertz CT molecular complexity index is 864. The van der Waals surface area contributed by atoms with Crippen LogP contribution in [0.2, 0.25) is 0 Å². The first-order valence-electron chi connectivity index (χ1n) is 8.62. The van der Waals surface area contributed by atoms with Crippen molar-refractivity contribution in [3.63, 3.8) is 0 Å². The molecule has 1 aromatic heterocycles. The summed E-state index contributed by atoms with van der Waals surface area (Å²) in [5, 5.41) is 0. The van der Waals surface area contributed by atoms with E-state index in [2.05, 4.69) is 127 Å². The summed E-state index contributed by atoms with van der Waals surface area (Å²) in [6, 6.07) is 16.7. The van der Waals surface area contributed by atoms with Gasteiger partial charge in [-0.15, -0.1) is 11.3 Å². The van der Waals surface area contributed by atoms with E-state index >= 15 is 0 Å². The minimum absolute atomic E-state index is 1.06. The van der Waals surface area contributed by atoms with Gasteiger partial charge in [0.25, 0.3) is 0 Å². The SMILES string of the molecule is Cc1cccc(C)c1N=Cc1ccc(C=Nc2c(C)cccc2C)s1.[I][Fe][I]. The molecule has 2 aromatic carbocycles. The van der Waals surface area contributed by atoms with Crippen LogP contribution in [0.5, 0.6) is 0 Å². The Morgan fingerprint density at radius 1 is 0.679 bits per heavy atom. The molecule has 148 valence electrons. The zero-order valence-electron chi connectivity index (χ0n) is 16.2. The van der Waals surface area contributed by atoms with E-state index in [1.807, 2.05) is 12.4 Å². The van der Waals surface area contributed by atoms with Gasteiger partial charge in [0, 0.05) is 22.2 Å². The third kappa shape index (κ3) is 7.06. The van der Waals surface area contributed by atoms with E-state index in [-0.39, 0.29) is 0 Å². The van der Waals surface area contributed by atoms with Crippen LogP contribution in [0.15, 0.2) is 58.5 Å². The molecule has 28 heavy (non-hydrogen) atoms.